The minimum Gasteiger partial charge on any atom is -0.300 e. The maximum absolute atomic E-state index is 9.44. The molecule has 0 unspecified atom stereocenters. The number of carbonyl (C=O) groups is 1. The fourth-order valence-electron chi connectivity index (χ4n) is 0.415. The average molecular weight is 249 g/mol. The molecule has 0 spiro atoms. The largest absolute Gasteiger partial charge is 0.300 e. The molecule has 15 heavy (non-hydrogen) atoms. The van der Waals surface area contributed by atoms with Gasteiger partial charge in [-0.1, -0.05) is 29.8 Å². The van der Waals surface area contributed by atoms with E-state index in [1.807, 2.05) is 44.2 Å². The zero-order valence-electron chi connectivity index (χ0n) is 9.63. The van der Waals surface area contributed by atoms with Crippen LogP contribution < -0.4 is 0 Å². The van der Waals surface area contributed by atoms with Gasteiger partial charge in [-0.3, -0.25) is 0 Å². The molecular weight excluding hydrogens is 231 g/mol. The third-order valence-corrected chi connectivity index (χ3v) is 0.985. The van der Waals surface area contributed by atoms with E-state index in [0.29, 0.717) is 5.38 Å². The Balaban J connectivity index is 0. The van der Waals surface area contributed by atoms with Gasteiger partial charge in [0.05, 0.1) is 0 Å². The maximum atomic E-state index is 9.44. The average Bonchev–Trinajstić information content (AvgIpc) is 2.03. The number of ketones is 1. The third-order valence-electron chi connectivity index (χ3n) is 0.733. The Bertz CT molecular complexity index is 238. The molecule has 1 aromatic carbocycles. The van der Waals surface area contributed by atoms with Crippen LogP contribution in [0.3, 0.4) is 0 Å². The molecular formula is C12H18Cl2O. The van der Waals surface area contributed by atoms with E-state index in [9.17, 15) is 4.79 Å². The van der Waals surface area contributed by atoms with E-state index in [1.54, 1.807) is 0 Å². The topological polar surface area (TPSA) is 17.1 Å². The van der Waals surface area contributed by atoms with Crippen LogP contribution in [-0.2, 0) is 4.79 Å². The summed E-state index contributed by atoms with van der Waals surface area (Å²) in [6.45, 7) is 6.92. The second kappa shape index (κ2) is 11.5. The smallest absolute Gasteiger partial charge is 0.126 e. The van der Waals surface area contributed by atoms with Crippen molar-refractivity contribution in [3.8, 4) is 0 Å². The van der Waals surface area contributed by atoms with Gasteiger partial charge in [0, 0.05) is 10.4 Å². The van der Waals surface area contributed by atoms with Crippen molar-refractivity contribution >= 4 is 29.0 Å². The van der Waals surface area contributed by atoms with Gasteiger partial charge in [-0.15, -0.1) is 11.6 Å². The highest BCUT2D eigenvalue weighted by Crippen LogP contribution is 2.03. The van der Waals surface area contributed by atoms with Gasteiger partial charge in [0.2, 0.25) is 0 Å². The van der Waals surface area contributed by atoms with E-state index in [0.717, 1.165) is 5.02 Å². The standard InChI is InChI=1S/C6H5Cl.C3H7Cl.C3H6O/c7-6-4-2-1-3-5-6;2*1-3(2)4/h1-5H;3H,1-2H3;1-2H3. The molecule has 1 nitrogen and oxygen atoms in total. The Kier molecular flexibility index (Phi) is 13.0. The van der Waals surface area contributed by atoms with Crippen molar-refractivity contribution in [1.29, 1.82) is 0 Å². The van der Waals surface area contributed by atoms with E-state index in [-0.39, 0.29) is 5.78 Å². The number of rotatable bonds is 0. The predicted molar refractivity (Wildman–Crippen MR) is 68.8 cm³/mol. The highest BCUT2D eigenvalue weighted by atomic mass is 35.5. The summed E-state index contributed by atoms with van der Waals surface area (Å²) < 4.78 is 0. The second-order valence-electron chi connectivity index (χ2n) is 3.22. The number of hydrogen-bond donors (Lipinski definition) is 0. The van der Waals surface area contributed by atoms with E-state index in [4.69, 9.17) is 23.2 Å². The highest BCUT2D eigenvalue weighted by molar-refractivity contribution is 6.30. The summed E-state index contributed by atoms with van der Waals surface area (Å²) in [5.41, 5.74) is 0. The molecule has 0 aromatic heterocycles. The molecule has 0 N–H and O–H groups in total. The van der Waals surface area contributed by atoms with Crippen molar-refractivity contribution in [2.75, 3.05) is 0 Å². The summed E-state index contributed by atoms with van der Waals surface area (Å²) in [7, 11) is 0. The Hall–Kier alpha value is -0.530. The molecule has 0 saturated heterocycles. The van der Waals surface area contributed by atoms with Crippen molar-refractivity contribution in [2.24, 2.45) is 0 Å². The molecule has 0 aliphatic rings. The number of carbonyl (C=O) groups excluding carboxylic acids is 1. The SMILES string of the molecule is CC(C)=O.CC(C)Cl.Clc1ccccc1. The number of Topliss-reactive ketones (excluding diaryl/α,β-unsaturated/α-hetero) is 1. The summed E-state index contributed by atoms with van der Waals surface area (Å²) in [5.74, 6) is 0.167. The number of hydrogen-bond acceptors (Lipinski definition) is 1. The van der Waals surface area contributed by atoms with Gasteiger partial charge in [0.1, 0.15) is 5.78 Å². The van der Waals surface area contributed by atoms with Crippen molar-refractivity contribution in [1.82, 2.24) is 0 Å². The van der Waals surface area contributed by atoms with Crippen LogP contribution in [0.2, 0.25) is 5.02 Å². The molecule has 1 rings (SSSR count). The minimum absolute atomic E-state index is 0.167. The lowest BCUT2D eigenvalue weighted by Crippen LogP contribution is -1.70. The molecule has 1 aromatic rings. The van der Waals surface area contributed by atoms with Crippen LogP contribution in [0.1, 0.15) is 27.7 Å². The third kappa shape index (κ3) is 31.8. The van der Waals surface area contributed by atoms with E-state index in [2.05, 4.69) is 0 Å². The van der Waals surface area contributed by atoms with Gasteiger partial charge in [0.25, 0.3) is 0 Å². The van der Waals surface area contributed by atoms with Crippen LogP contribution in [0.5, 0.6) is 0 Å². The molecule has 3 heteroatoms. The minimum atomic E-state index is 0.167. The number of benzene rings is 1. The Morgan fingerprint density at radius 1 is 1.13 bits per heavy atom. The fourth-order valence-corrected chi connectivity index (χ4v) is 0.560. The molecule has 0 heterocycles. The first-order chi connectivity index (χ1) is 6.86. The molecule has 0 saturated carbocycles. The number of halogens is 2. The Morgan fingerprint density at radius 3 is 1.53 bits per heavy atom. The molecule has 0 atom stereocenters. The zero-order valence-corrected chi connectivity index (χ0v) is 11.1. The molecule has 86 valence electrons. The van der Waals surface area contributed by atoms with Crippen LogP contribution in [0.4, 0.5) is 0 Å². The van der Waals surface area contributed by atoms with E-state index < -0.39 is 0 Å². The highest BCUT2D eigenvalue weighted by Gasteiger charge is 1.75. The summed E-state index contributed by atoms with van der Waals surface area (Å²) in [4.78, 5) is 9.44. The monoisotopic (exact) mass is 248 g/mol. The molecule has 0 radical (unpaired) electrons. The lowest BCUT2D eigenvalue weighted by atomic mass is 10.4. The zero-order chi connectivity index (χ0) is 12.3. The first-order valence-electron chi connectivity index (χ1n) is 4.68. The van der Waals surface area contributed by atoms with Crippen LogP contribution in [0, 0.1) is 0 Å². The van der Waals surface area contributed by atoms with Gasteiger partial charge < -0.3 is 4.79 Å². The summed E-state index contributed by atoms with van der Waals surface area (Å²) in [5, 5.41) is 1.10. The van der Waals surface area contributed by atoms with Crippen molar-refractivity contribution in [2.45, 2.75) is 33.1 Å². The molecule has 0 bridgehead atoms. The van der Waals surface area contributed by atoms with E-state index in [1.165, 1.54) is 13.8 Å². The van der Waals surface area contributed by atoms with Gasteiger partial charge in [-0.05, 0) is 39.8 Å². The van der Waals surface area contributed by atoms with Gasteiger partial charge >= 0.3 is 0 Å². The molecule has 0 fully saturated rings. The second-order valence-corrected chi connectivity index (χ2v) is 4.53. The Labute approximate surface area is 102 Å². The van der Waals surface area contributed by atoms with E-state index >= 15 is 0 Å². The summed E-state index contributed by atoms with van der Waals surface area (Å²) in [6, 6.07) is 9.44. The lowest BCUT2D eigenvalue weighted by molar-refractivity contribution is -0.114. The molecule has 0 aliphatic heterocycles. The maximum Gasteiger partial charge on any atom is 0.126 e. The summed E-state index contributed by atoms with van der Waals surface area (Å²) >= 11 is 10.8. The first-order valence-corrected chi connectivity index (χ1v) is 5.49. The quantitative estimate of drug-likeness (QED) is 0.615. The van der Waals surface area contributed by atoms with Crippen LogP contribution >= 0.6 is 23.2 Å². The van der Waals surface area contributed by atoms with Crippen LogP contribution in [0.15, 0.2) is 30.3 Å². The van der Waals surface area contributed by atoms with Crippen LogP contribution in [0.25, 0.3) is 0 Å². The normalized spacial score (nSPS) is 8.20. The first kappa shape index (κ1) is 16.9. The number of alkyl halides is 1. The van der Waals surface area contributed by atoms with Crippen molar-refractivity contribution in [3.63, 3.8) is 0 Å². The van der Waals surface area contributed by atoms with Gasteiger partial charge in [-0.2, -0.15) is 0 Å². The van der Waals surface area contributed by atoms with Crippen molar-refractivity contribution in [3.05, 3.63) is 35.4 Å². The van der Waals surface area contributed by atoms with Crippen LogP contribution in [-0.4, -0.2) is 11.2 Å². The molecule has 0 aliphatic carbocycles. The summed E-state index contributed by atoms with van der Waals surface area (Å²) in [6.07, 6.45) is 0. The predicted octanol–water partition coefficient (Wildman–Crippen LogP) is 4.57. The van der Waals surface area contributed by atoms with Gasteiger partial charge in [0.15, 0.2) is 0 Å². The fraction of sp³-hybridized carbons (Fsp3) is 0.417. The van der Waals surface area contributed by atoms with Gasteiger partial charge in [-0.25, -0.2) is 0 Å². The Morgan fingerprint density at radius 2 is 1.40 bits per heavy atom. The molecule has 0 amide bonds. The lowest BCUT2D eigenvalue weighted by Gasteiger charge is -1.80. The van der Waals surface area contributed by atoms with Crippen molar-refractivity contribution < 1.29 is 4.79 Å².